The van der Waals surface area contributed by atoms with Crippen LogP contribution in [0.4, 0.5) is 5.82 Å². The number of thiophene rings is 1. The molecule has 2 heterocycles. The van der Waals surface area contributed by atoms with E-state index in [4.69, 9.17) is 10.5 Å². The van der Waals surface area contributed by atoms with Crippen LogP contribution in [0.2, 0.25) is 0 Å². The van der Waals surface area contributed by atoms with Crippen LogP contribution in [0.5, 0.6) is 5.75 Å². The van der Waals surface area contributed by atoms with Crippen molar-refractivity contribution in [3.05, 3.63) is 41.3 Å². The summed E-state index contributed by atoms with van der Waals surface area (Å²) in [4.78, 5) is 1.09. The highest BCUT2D eigenvalue weighted by Crippen LogP contribution is 2.40. The van der Waals surface area contributed by atoms with Crippen molar-refractivity contribution in [1.82, 2.24) is 10.2 Å². The van der Waals surface area contributed by atoms with Crippen LogP contribution in [0.25, 0.3) is 21.7 Å². The van der Waals surface area contributed by atoms with Gasteiger partial charge in [-0.3, -0.25) is 5.10 Å². The Hall–Kier alpha value is -2.27. The molecule has 102 valence electrons. The number of H-pyrrole nitrogens is 1. The molecule has 0 atom stereocenters. The Morgan fingerprint density at radius 3 is 2.85 bits per heavy atom. The number of anilines is 1. The quantitative estimate of drug-likeness (QED) is 0.771. The zero-order chi connectivity index (χ0) is 14.1. The highest BCUT2D eigenvalue weighted by Gasteiger charge is 2.18. The maximum absolute atomic E-state index is 6.02. The summed E-state index contributed by atoms with van der Waals surface area (Å²) in [5.74, 6) is 1.31. The normalized spacial score (nSPS) is 10.7. The predicted molar refractivity (Wildman–Crippen MR) is 83.0 cm³/mol. The zero-order valence-electron chi connectivity index (χ0n) is 11.3. The number of nitrogens with one attached hydrogen (secondary N) is 1. The van der Waals surface area contributed by atoms with Crippen molar-refractivity contribution in [2.75, 3.05) is 12.8 Å². The van der Waals surface area contributed by atoms with Crippen LogP contribution in [0.15, 0.2) is 35.7 Å². The summed E-state index contributed by atoms with van der Waals surface area (Å²) in [6, 6.07) is 10.1. The molecule has 0 fully saturated rings. The van der Waals surface area contributed by atoms with Gasteiger partial charge >= 0.3 is 0 Å². The molecule has 4 nitrogen and oxygen atoms in total. The van der Waals surface area contributed by atoms with Gasteiger partial charge in [-0.25, -0.2) is 0 Å². The SMILES string of the molecule is COc1ccc(C)cc1-c1[nH]nc(N)c1-c1cccs1. The van der Waals surface area contributed by atoms with Crippen LogP contribution >= 0.6 is 11.3 Å². The van der Waals surface area contributed by atoms with Gasteiger partial charge in [-0.15, -0.1) is 11.3 Å². The largest absolute Gasteiger partial charge is 0.496 e. The summed E-state index contributed by atoms with van der Waals surface area (Å²) in [7, 11) is 1.67. The van der Waals surface area contributed by atoms with Crippen molar-refractivity contribution in [2.24, 2.45) is 0 Å². The number of aromatic amines is 1. The molecule has 0 saturated heterocycles. The topological polar surface area (TPSA) is 63.9 Å². The number of methoxy groups -OCH3 is 1. The molecule has 2 aromatic heterocycles. The average Bonchev–Trinajstić information content (AvgIpc) is 3.07. The van der Waals surface area contributed by atoms with Crippen molar-refractivity contribution < 1.29 is 4.74 Å². The maximum Gasteiger partial charge on any atom is 0.154 e. The van der Waals surface area contributed by atoms with E-state index in [9.17, 15) is 0 Å². The average molecular weight is 285 g/mol. The molecule has 3 rings (SSSR count). The summed E-state index contributed by atoms with van der Waals surface area (Å²) >= 11 is 1.64. The Balaban J connectivity index is 2.24. The molecule has 0 unspecified atom stereocenters. The summed E-state index contributed by atoms with van der Waals surface area (Å²) in [6.45, 7) is 2.05. The van der Waals surface area contributed by atoms with Crippen LogP contribution in [0, 0.1) is 6.92 Å². The number of aromatic nitrogens is 2. The molecule has 0 saturated carbocycles. The molecular weight excluding hydrogens is 270 g/mol. The van der Waals surface area contributed by atoms with Gasteiger partial charge in [-0.05, 0) is 30.5 Å². The second-order valence-electron chi connectivity index (χ2n) is 4.54. The molecule has 0 aliphatic rings. The van der Waals surface area contributed by atoms with Gasteiger partial charge < -0.3 is 10.5 Å². The van der Waals surface area contributed by atoms with E-state index in [-0.39, 0.29) is 0 Å². The van der Waals surface area contributed by atoms with Gasteiger partial charge in [0.2, 0.25) is 0 Å². The van der Waals surface area contributed by atoms with E-state index in [1.807, 2.05) is 36.6 Å². The molecule has 0 radical (unpaired) electrons. The van der Waals surface area contributed by atoms with Crippen LogP contribution in [-0.2, 0) is 0 Å². The lowest BCUT2D eigenvalue weighted by molar-refractivity contribution is 0.416. The van der Waals surface area contributed by atoms with Gasteiger partial charge in [0.25, 0.3) is 0 Å². The number of benzene rings is 1. The Bertz CT molecular complexity index is 732. The standard InChI is InChI=1S/C15H15N3OS/c1-9-5-6-11(19-2)10(8-9)14-13(15(16)18-17-14)12-4-3-7-20-12/h3-8H,1-2H3,(H3,16,17,18). The van der Waals surface area contributed by atoms with Crippen molar-refractivity contribution in [1.29, 1.82) is 0 Å². The van der Waals surface area contributed by atoms with Crippen LogP contribution < -0.4 is 10.5 Å². The van der Waals surface area contributed by atoms with Gasteiger partial charge in [-0.1, -0.05) is 17.7 Å². The molecule has 3 N–H and O–H groups in total. The van der Waals surface area contributed by atoms with Crippen LogP contribution in [0.1, 0.15) is 5.56 Å². The summed E-state index contributed by atoms with van der Waals surface area (Å²) in [6.07, 6.45) is 0. The maximum atomic E-state index is 6.02. The Morgan fingerprint density at radius 2 is 2.15 bits per heavy atom. The molecule has 0 bridgehead atoms. The van der Waals surface area contributed by atoms with E-state index in [1.54, 1.807) is 18.4 Å². The fourth-order valence-electron chi connectivity index (χ4n) is 2.24. The van der Waals surface area contributed by atoms with Crippen molar-refractivity contribution >= 4 is 17.2 Å². The smallest absolute Gasteiger partial charge is 0.154 e. The lowest BCUT2D eigenvalue weighted by atomic mass is 10.0. The zero-order valence-corrected chi connectivity index (χ0v) is 12.1. The molecule has 20 heavy (non-hydrogen) atoms. The minimum absolute atomic E-state index is 0.506. The Labute approximate surface area is 121 Å². The first-order valence-electron chi connectivity index (χ1n) is 6.23. The van der Waals surface area contributed by atoms with Gasteiger partial charge in [0.05, 0.1) is 18.4 Å². The summed E-state index contributed by atoms with van der Waals surface area (Å²) < 4.78 is 5.45. The molecular formula is C15H15N3OS. The van der Waals surface area contributed by atoms with E-state index in [1.165, 1.54) is 0 Å². The lowest BCUT2D eigenvalue weighted by Gasteiger charge is -2.09. The molecule has 3 aromatic rings. The summed E-state index contributed by atoms with van der Waals surface area (Å²) in [5, 5.41) is 9.22. The molecule has 0 aliphatic heterocycles. The highest BCUT2D eigenvalue weighted by molar-refractivity contribution is 7.13. The second-order valence-corrected chi connectivity index (χ2v) is 5.49. The first-order chi connectivity index (χ1) is 9.70. The van der Waals surface area contributed by atoms with Crippen molar-refractivity contribution in [3.8, 4) is 27.4 Å². The third kappa shape index (κ3) is 2.06. The number of aryl methyl sites for hydroxylation is 1. The third-order valence-corrected chi connectivity index (χ3v) is 4.07. The molecule has 5 heteroatoms. The van der Waals surface area contributed by atoms with E-state index in [0.717, 1.165) is 33.0 Å². The Kier molecular flexibility index (Phi) is 3.20. The number of hydrogen-bond donors (Lipinski definition) is 2. The first kappa shape index (κ1) is 12.7. The number of rotatable bonds is 3. The van der Waals surface area contributed by atoms with Gasteiger partial charge in [0.1, 0.15) is 5.75 Å². The number of nitrogen functional groups attached to an aromatic ring is 1. The lowest BCUT2D eigenvalue weighted by Crippen LogP contribution is -1.91. The predicted octanol–water partition coefficient (Wildman–Crippen LogP) is 3.70. The fourth-order valence-corrected chi connectivity index (χ4v) is 3.02. The molecule has 0 amide bonds. The van der Waals surface area contributed by atoms with E-state index < -0.39 is 0 Å². The monoisotopic (exact) mass is 285 g/mol. The molecule has 0 aliphatic carbocycles. The third-order valence-electron chi connectivity index (χ3n) is 3.19. The number of hydrogen-bond acceptors (Lipinski definition) is 4. The van der Waals surface area contributed by atoms with Crippen LogP contribution in [0.3, 0.4) is 0 Å². The number of nitrogens with zero attached hydrogens (tertiary/aromatic N) is 1. The van der Waals surface area contributed by atoms with Gasteiger partial charge in [-0.2, -0.15) is 5.10 Å². The van der Waals surface area contributed by atoms with Crippen molar-refractivity contribution in [3.63, 3.8) is 0 Å². The minimum atomic E-state index is 0.506. The fraction of sp³-hybridized carbons (Fsp3) is 0.133. The van der Waals surface area contributed by atoms with Gasteiger partial charge in [0.15, 0.2) is 5.82 Å². The van der Waals surface area contributed by atoms with E-state index in [0.29, 0.717) is 5.82 Å². The first-order valence-corrected chi connectivity index (χ1v) is 7.11. The Morgan fingerprint density at radius 1 is 1.30 bits per heavy atom. The van der Waals surface area contributed by atoms with E-state index >= 15 is 0 Å². The number of ether oxygens (including phenoxy) is 1. The number of nitrogens with two attached hydrogens (primary N) is 1. The molecule has 0 spiro atoms. The van der Waals surface area contributed by atoms with Crippen LogP contribution in [-0.4, -0.2) is 17.3 Å². The van der Waals surface area contributed by atoms with Gasteiger partial charge in [0, 0.05) is 10.4 Å². The van der Waals surface area contributed by atoms with Crippen molar-refractivity contribution in [2.45, 2.75) is 6.92 Å². The summed E-state index contributed by atoms with van der Waals surface area (Å²) in [5.41, 5.74) is 9.98. The minimum Gasteiger partial charge on any atom is -0.496 e. The second kappa shape index (κ2) is 5.02. The molecule has 1 aromatic carbocycles. The highest BCUT2D eigenvalue weighted by atomic mass is 32.1. The van der Waals surface area contributed by atoms with E-state index in [2.05, 4.69) is 16.3 Å².